The highest BCUT2D eigenvalue weighted by molar-refractivity contribution is 5.86. The average Bonchev–Trinajstić information content (AvgIpc) is 2.55. The molecule has 0 heterocycles. The standard InChI is InChI=1S/C22H30N2O2/c1-16-12-13-19(14-20(16)23-21(25)26-22(3,4)5)17(2)24(6)15-18-10-8-7-9-11-18/h7-14,17H,15H2,1-6H3,(H,23,25). The number of nitrogens with one attached hydrogen (secondary N) is 1. The Morgan fingerprint density at radius 2 is 1.81 bits per heavy atom. The maximum Gasteiger partial charge on any atom is 0.412 e. The van der Waals surface area contributed by atoms with Crippen molar-refractivity contribution in [1.82, 2.24) is 4.90 Å². The van der Waals surface area contributed by atoms with Crippen LogP contribution in [0.2, 0.25) is 0 Å². The van der Waals surface area contributed by atoms with Crippen molar-refractivity contribution < 1.29 is 9.53 Å². The number of carbonyl (C=O) groups excluding carboxylic acids is 1. The van der Waals surface area contributed by atoms with E-state index < -0.39 is 11.7 Å². The van der Waals surface area contributed by atoms with Crippen LogP contribution in [0.5, 0.6) is 0 Å². The van der Waals surface area contributed by atoms with E-state index >= 15 is 0 Å². The zero-order valence-electron chi connectivity index (χ0n) is 16.7. The lowest BCUT2D eigenvalue weighted by Crippen LogP contribution is -2.27. The third-order valence-electron chi connectivity index (χ3n) is 4.32. The van der Waals surface area contributed by atoms with Crippen molar-refractivity contribution in [3.05, 3.63) is 65.2 Å². The number of anilines is 1. The van der Waals surface area contributed by atoms with Crippen molar-refractivity contribution in [1.29, 1.82) is 0 Å². The largest absolute Gasteiger partial charge is 0.444 e. The van der Waals surface area contributed by atoms with Gasteiger partial charge in [0.15, 0.2) is 0 Å². The number of nitrogens with zero attached hydrogens (tertiary/aromatic N) is 1. The summed E-state index contributed by atoms with van der Waals surface area (Å²) in [5, 5.41) is 2.87. The Morgan fingerprint density at radius 1 is 1.15 bits per heavy atom. The molecule has 2 aromatic rings. The van der Waals surface area contributed by atoms with E-state index in [1.807, 2.05) is 45.9 Å². The predicted octanol–water partition coefficient (Wildman–Crippen LogP) is 5.54. The second-order valence-corrected chi connectivity index (χ2v) is 7.78. The first kappa shape index (κ1) is 20.0. The number of ether oxygens (including phenoxy) is 1. The molecule has 0 aliphatic heterocycles. The third kappa shape index (κ3) is 5.88. The first-order valence-electron chi connectivity index (χ1n) is 9.00. The SMILES string of the molecule is Cc1ccc(C(C)N(C)Cc2ccccc2)cc1NC(=O)OC(C)(C)C. The van der Waals surface area contributed by atoms with Crippen LogP contribution < -0.4 is 5.32 Å². The molecule has 26 heavy (non-hydrogen) atoms. The lowest BCUT2D eigenvalue weighted by Gasteiger charge is -2.26. The fourth-order valence-electron chi connectivity index (χ4n) is 2.71. The summed E-state index contributed by atoms with van der Waals surface area (Å²) in [5.74, 6) is 0. The molecule has 0 spiro atoms. The summed E-state index contributed by atoms with van der Waals surface area (Å²) in [7, 11) is 2.11. The lowest BCUT2D eigenvalue weighted by molar-refractivity contribution is 0.0636. The molecule has 0 fully saturated rings. The van der Waals surface area contributed by atoms with Crippen LogP contribution in [0.15, 0.2) is 48.5 Å². The van der Waals surface area contributed by atoms with Crippen molar-refractivity contribution in [3.8, 4) is 0 Å². The molecule has 1 unspecified atom stereocenters. The Bertz CT molecular complexity index is 736. The fourth-order valence-corrected chi connectivity index (χ4v) is 2.71. The number of carbonyl (C=O) groups is 1. The van der Waals surface area contributed by atoms with Crippen LogP contribution >= 0.6 is 0 Å². The van der Waals surface area contributed by atoms with Crippen LogP contribution in [-0.4, -0.2) is 23.6 Å². The molecule has 0 saturated carbocycles. The lowest BCUT2D eigenvalue weighted by atomic mass is 10.0. The van der Waals surface area contributed by atoms with E-state index in [0.29, 0.717) is 0 Å². The minimum Gasteiger partial charge on any atom is -0.444 e. The first-order valence-corrected chi connectivity index (χ1v) is 9.00. The Balaban J connectivity index is 2.10. The summed E-state index contributed by atoms with van der Waals surface area (Å²) in [5.41, 5.74) is 3.72. The van der Waals surface area contributed by atoms with Gasteiger partial charge in [-0.2, -0.15) is 0 Å². The summed E-state index contributed by atoms with van der Waals surface area (Å²) in [6.07, 6.45) is -0.428. The number of aryl methyl sites for hydroxylation is 1. The first-order chi connectivity index (χ1) is 12.2. The van der Waals surface area contributed by atoms with Gasteiger partial charge in [-0.05, 0) is 64.4 Å². The van der Waals surface area contributed by atoms with Crippen LogP contribution in [0.3, 0.4) is 0 Å². The van der Waals surface area contributed by atoms with Gasteiger partial charge < -0.3 is 4.74 Å². The van der Waals surface area contributed by atoms with Crippen molar-refractivity contribution in [2.24, 2.45) is 0 Å². The summed E-state index contributed by atoms with van der Waals surface area (Å²) < 4.78 is 5.36. The Morgan fingerprint density at radius 3 is 2.42 bits per heavy atom. The molecular formula is C22H30N2O2. The van der Waals surface area contributed by atoms with Gasteiger partial charge in [0, 0.05) is 18.3 Å². The zero-order valence-corrected chi connectivity index (χ0v) is 16.7. The molecule has 4 nitrogen and oxygen atoms in total. The minimum absolute atomic E-state index is 0.218. The predicted molar refractivity (Wildman–Crippen MR) is 107 cm³/mol. The number of rotatable bonds is 5. The molecule has 0 saturated heterocycles. The average molecular weight is 354 g/mol. The van der Waals surface area contributed by atoms with E-state index in [0.717, 1.165) is 23.4 Å². The monoisotopic (exact) mass is 354 g/mol. The summed E-state index contributed by atoms with van der Waals surface area (Å²) in [4.78, 5) is 14.4. The molecule has 0 aliphatic rings. The molecule has 2 aromatic carbocycles. The molecule has 1 N–H and O–H groups in total. The quantitative estimate of drug-likeness (QED) is 0.767. The van der Waals surface area contributed by atoms with E-state index in [9.17, 15) is 4.79 Å². The van der Waals surface area contributed by atoms with Crippen molar-refractivity contribution in [2.45, 2.75) is 52.8 Å². The normalized spacial score (nSPS) is 12.7. The van der Waals surface area contributed by atoms with Crippen LogP contribution in [0.25, 0.3) is 0 Å². The van der Waals surface area contributed by atoms with Gasteiger partial charge in [0.1, 0.15) is 5.60 Å². The van der Waals surface area contributed by atoms with E-state index in [1.54, 1.807) is 0 Å². The maximum absolute atomic E-state index is 12.1. The fraction of sp³-hybridized carbons (Fsp3) is 0.409. The summed E-state index contributed by atoms with van der Waals surface area (Å²) >= 11 is 0. The number of amides is 1. The molecular weight excluding hydrogens is 324 g/mol. The van der Waals surface area contributed by atoms with Gasteiger partial charge in [-0.3, -0.25) is 10.2 Å². The highest BCUT2D eigenvalue weighted by Gasteiger charge is 2.18. The van der Waals surface area contributed by atoms with E-state index in [2.05, 4.69) is 54.5 Å². The van der Waals surface area contributed by atoms with Gasteiger partial charge in [-0.25, -0.2) is 4.79 Å². The molecule has 0 bridgehead atoms. The second-order valence-electron chi connectivity index (χ2n) is 7.78. The molecule has 1 atom stereocenters. The summed E-state index contributed by atoms with van der Waals surface area (Å²) in [6.45, 7) is 10.6. The minimum atomic E-state index is -0.515. The van der Waals surface area contributed by atoms with Gasteiger partial charge >= 0.3 is 6.09 Å². The third-order valence-corrected chi connectivity index (χ3v) is 4.32. The molecule has 1 amide bonds. The van der Waals surface area contributed by atoms with Crippen molar-refractivity contribution >= 4 is 11.8 Å². The Labute approximate surface area is 157 Å². The molecule has 4 heteroatoms. The van der Waals surface area contributed by atoms with E-state index in [4.69, 9.17) is 4.74 Å². The zero-order chi connectivity index (χ0) is 19.3. The van der Waals surface area contributed by atoms with Gasteiger partial charge in [0.05, 0.1) is 0 Å². The molecule has 2 rings (SSSR count). The van der Waals surface area contributed by atoms with Crippen LogP contribution in [0.4, 0.5) is 10.5 Å². The molecule has 140 valence electrons. The van der Waals surface area contributed by atoms with Crippen LogP contribution in [-0.2, 0) is 11.3 Å². The van der Waals surface area contributed by atoms with Crippen molar-refractivity contribution in [3.63, 3.8) is 0 Å². The van der Waals surface area contributed by atoms with E-state index in [-0.39, 0.29) is 6.04 Å². The van der Waals surface area contributed by atoms with Crippen molar-refractivity contribution in [2.75, 3.05) is 12.4 Å². The van der Waals surface area contributed by atoms with Crippen LogP contribution in [0, 0.1) is 6.92 Å². The topological polar surface area (TPSA) is 41.6 Å². The van der Waals surface area contributed by atoms with Gasteiger partial charge in [-0.1, -0.05) is 42.5 Å². The van der Waals surface area contributed by atoms with Crippen LogP contribution in [0.1, 0.15) is 50.4 Å². The Kier molecular flexibility index (Phi) is 6.43. The molecule has 0 aliphatic carbocycles. The molecule has 0 radical (unpaired) electrons. The molecule has 0 aromatic heterocycles. The van der Waals surface area contributed by atoms with Gasteiger partial charge in [-0.15, -0.1) is 0 Å². The number of benzene rings is 2. The highest BCUT2D eigenvalue weighted by Crippen LogP contribution is 2.26. The number of hydrogen-bond donors (Lipinski definition) is 1. The Hall–Kier alpha value is -2.33. The second kappa shape index (κ2) is 8.37. The van der Waals surface area contributed by atoms with E-state index in [1.165, 1.54) is 5.56 Å². The number of hydrogen-bond acceptors (Lipinski definition) is 3. The maximum atomic E-state index is 12.1. The smallest absolute Gasteiger partial charge is 0.412 e. The van der Waals surface area contributed by atoms with Gasteiger partial charge in [0.25, 0.3) is 0 Å². The summed E-state index contributed by atoms with van der Waals surface area (Å²) in [6, 6.07) is 16.8. The highest BCUT2D eigenvalue weighted by atomic mass is 16.6. The van der Waals surface area contributed by atoms with Gasteiger partial charge in [0.2, 0.25) is 0 Å².